The molecule has 1 aromatic carbocycles. The third kappa shape index (κ3) is 2.91. The first-order valence-corrected chi connectivity index (χ1v) is 6.68. The van der Waals surface area contributed by atoms with E-state index in [1.54, 1.807) is 24.4 Å². The maximum absolute atomic E-state index is 12.3. The lowest BCUT2D eigenvalue weighted by molar-refractivity contribution is 0.102. The lowest BCUT2D eigenvalue weighted by Crippen LogP contribution is -2.15. The van der Waals surface area contributed by atoms with Crippen LogP contribution in [0.4, 0.5) is 11.4 Å². The number of aromatic nitrogens is 1. The second-order valence-corrected chi connectivity index (χ2v) is 4.96. The van der Waals surface area contributed by atoms with E-state index >= 15 is 0 Å². The van der Waals surface area contributed by atoms with Crippen LogP contribution in [0.25, 0.3) is 0 Å². The molecule has 0 saturated carbocycles. The maximum atomic E-state index is 12.3. The van der Waals surface area contributed by atoms with Gasteiger partial charge in [-0.25, -0.2) is 4.98 Å². The number of nitrogens with two attached hydrogens (primary N) is 1. The van der Waals surface area contributed by atoms with Gasteiger partial charge in [0.25, 0.3) is 5.91 Å². The van der Waals surface area contributed by atoms with Crippen LogP contribution in [0.5, 0.6) is 5.75 Å². The van der Waals surface area contributed by atoms with E-state index in [4.69, 9.17) is 10.5 Å². The zero-order valence-corrected chi connectivity index (χ0v) is 12.7. The van der Waals surface area contributed by atoms with E-state index in [0.29, 0.717) is 22.7 Å². The van der Waals surface area contributed by atoms with E-state index in [-0.39, 0.29) is 5.91 Å². The summed E-state index contributed by atoms with van der Waals surface area (Å²) in [4.78, 5) is 16.4. The summed E-state index contributed by atoms with van der Waals surface area (Å²) in [6.45, 7) is 1.89. The summed E-state index contributed by atoms with van der Waals surface area (Å²) in [5.74, 6) is 0.104. The number of benzene rings is 1. The molecule has 3 N–H and O–H groups in total. The van der Waals surface area contributed by atoms with Crippen LogP contribution >= 0.6 is 15.9 Å². The van der Waals surface area contributed by atoms with Crippen LogP contribution in [0, 0.1) is 6.92 Å². The summed E-state index contributed by atoms with van der Waals surface area (Å²) in [6.07, 6.45) is 1.57. The Kier molecular flexibility index (Phi) is 4.24. The summed E-state index contributed by atoms with van der Waals surface area (Å²) in [6, 6.07) is 6.90. The number of halogens is 1. The lowest BCUT2D eigenvalue weighted by Gasteiger charge is -2.11. The predicted octanol–water partition coefficient (Wildman–Crippen LogP) is 3.00. The van der Waals surface area contributed by atoms with E-state index in [9.17, 15) is 4.79 Å². The van der Waals surface area contributed by atoms with Gasteiger partial charge in [0.05, 0.1) is 19.0 Å². The van der Waals surface area contributed by atoms with Crippen molar-refractivity contribution in [2.24, 2.45) is 0 Å². The fraction of sp³-hybridized carbons (Fsp3) is 0.143. The van der Waals surface area contributed by atoms with Gasteiger partial charge in [-0.1, -0.05) is 6.07 Å². The number of hydrogen-bond donors (Lipinski definition) is 2. The zero-order valence-electron chi connectivity index (χ0n) is 11.1. The smallest absolute Gasteiger partial charge is 0.261 e. The third-order valence-electron chi connectivity index (χ3n) is 2.78. The summed E-state index contributed by atoms with van der Waals surface area (Å²) in [5.41, 5.74) is 8.05. The fourth-order valence-electron chi connectivity index (χ4n) is 1.78. The van der Waals surface area contributed by atoms with Crippen molar-refractivity contribution in [2.75, 3.05) is 18.2 Å². The molecule has 1 aromatic heterocycles. The highest BCUT2D eigenvalue weighted by Gasteiger charge is 2.16. The van der Waals surface area contributed by atoms with Crippen LogP contribution < -0.4 is 15.8 Å². The average Bonchev–Trinajstić information content (AvgIpc) is 2.42. The predicted molar refractivity (Wildman–Crippen MR) is 82.0 cm³/mol. The van der Waals surface area contributed by atoms with E-state index in [1.807, 2.05) is 13.0 Å². The second-order valence-electron chi connectivity index (χ2n) is 4.21. The highest BCUT2D eigenvalue weighted by Crippen LogP contribution is 2.25. The number of ether oxygens (including phenoxy) is 1. The Labute approximate surface area is 125 Å². The molecule has 0 aliphatic heterocycles. The van der Waals surface area contributed by atoms with Crippen molar-refractivity contribution in [1.82, 2.24) is 4.98 Å². The minimum absolute atomic E-state index is 0.315. The van der Waals surface area contributed by atoms with E-state index in [0.717, 1.165) is 10.2 Å². The molecule has 2 aromatic rings. The number of carbonyl (C=O) groups is 1. The van der Waals surface area contributed by atoms with Crippen LogP contribution in [0.3, 0.4) is 0 Å². The number of nitrogens with zero attached hydrogens (tertiary/aromatic N) is 1. The molecule has 0 aliphatic carbocycles. The van der Waals surface area contributed by atoms with Crippen molar-refractivity contribution >= 4 is 33.2 Å². The van der Waals surface area contributed by atoms with Crippen LogP contribution in [0.2, 0.25) is 0 Å². The molecule has 1 amide bonds. The molecule has 0 radical (unpaired) electrons. The van der Waals surface area contributed by atoms with Gasteiger partial charge in [0, 0.05) is 5.69 Å². The van der Waals surface area contributed by atoms with Crippen molar-refractivity contribution in [1.29, 1.82) is 0 Å². The molecule has 1 heterocycles. The van der Waals surface area contributed by atoms with Gasteiger partial charge < -0.3 is 15.8 Å². The Morgan fingerprint density at radius 3 is 2.85 bits per heavy atom. The number of anilines is 2. The van der Waals surface area contributed by atoms with Crippen molar-refractivity contribution in [3.63, 3.8) is 0 Å². The van der Waals surface area contributed by atoms with Gasteiger partial charge in [-0.05, 0) is 46.6 Å². The summed E-state index contributed by atoms with van der Waals surface area (Å²) in [5, 5.41) is 2.76. The molecular weight excluding hydrogens is 322 g/mol. The van der Waals surface area contributed by atoms with Gasteiger partial charge in [0.2, 0.25) is 0 Å². The Morgan fingerprint density at radius 1 is 1.45 bits per heavy atom. The largest absolute Gasteiger partial charge is 0.496 e. The van der Waals surface area contributed by atoms with Crippen molar-refractivity contribution in [2.45, 2.75) is 6.92 Å². The lowest BCUT2D eigenvalue weighted by atomic mass is 10.1. The molecule has 0 atom stereocenters. The molecule has 5 nitrogen and oxygen atoms in total. The van der Waals surface area contributed by atoms with Gasteiger partial charge in [-0.2, -0.15) is 0 Å². The summed E-state index contributed by atoms with van der Waals surface area (Å²) in [7, 11) is 1.50. The number of nitrogen functional groups attached to an aromatic ring is 1. The monoisotopic (exact) mass is 335 g/mol. The standard InChI is InChI=1S/C14H14BrN3O2/c1-8-6-9(7-17-13(8)15)18-14(19)12-10(16)4-3-5-11(12)20-2/h3-7H,16H2,1-2H3,(H,18,19). The highest BCUT2D eigenvalue weighted by molar-refractivity contribution is 9.10. The number of hydrogen-bond acceptors (Lipinski definition) is 4. The Balaban J connectivity index is 2.30. The number of amides is 1. The van der Waals surface area contributed by atoms with Gasteiger partial charge >= 0.3 is 0 Å². The molecule has 6 heteroatoms. The Hall–Kier alpha value is -2.08. The van der Waals surface area contributed by atoms with Crippen LogP contribution in [-0.2, 0) is 0 Å². The molecule has 0 aliphatic rings. The highest BCUT2D eigenvalue weighted by atomic mass is 79.9. The zero-order chi connectivity index (χ0) is 14.7. The van der Waals surface area contributed by atoms with E-state index in [2.05, 4.69) is 26.2 Å². The van der Waals surface area contributed by atoms with Crippen LogP contribution in [-0.4, -0.2) is 18.0 Å². The quantitative estimate of drug-likeness (QED) is 0.667. The van der Waals surface area contributed by atoms with Crippen molar-refractivity contribution in [3.05, 3.63) is 46.2 Å². The molecule has 2 rings (SSSR count). The van der Waals surface area contributed by atoms with Gasteiger partial charge in [0.1, 0.15) is 15.9 Å². The van der Waals surface area contributed by atoms with Gasteiger partial charge in [-0.3, -0.25) is 4.79 Å². The minimum Gasteiger partial charge on any atom is -0.496 e. The molecule has 104 valence electrons. The van der Waals surface area contributed by atoms with Crippen LogP contribution in [0.15, 0.2) is 35.1 Å². The number of aryl methyl sites for hydroxylation is 1. The second kappa shape index (κ2) is 5.92. The van der Waals surface area contributed by atoms with E-state index < -0.39 is 0 Å². The van der Waals surface area contributed by atoms with Gasteiger partial charge in [-0.15, -0.1) is 0 Å². The number of nitrogens with one attached hydrogen (secondary N) is 1. The molecule has 0 saturated heterocycles. The summed E-state index contributed by atoms with van der Waals surface area (Å²) >= 11 is 3.31. The first-order valence-electron chi connectivity index (χ1n) is 5.89. The number of pyridine rings is 1. The molecule has 0 bridgehead atoms. The van der Waals surface area contributed by atoms with Crippen molar-refractivity contribution in [3.8, 4) is 5.75 Å². The normalized spacial score (nSPS) is 10.2. The number of carbonyl (C=O) groups excluding carboxylic acids is 1. The molecule has 0 spiro atoms. The average molecular weight is 336 g/mol. The maximum Gasteiger partial charge on any atom is 0.261 e. The molecular formula is C14H14BrN3O2. The SMILES string of the molecule is COc1cccc(N)c1C(=O)Nc1cnc(Br)c(C)c1. The first-order chi connectivity index (χ1) is 9.52. The number of rotatable bonds is 3. The van der Waals surface area contributed by atoms with Gasteiger partial charge in [0.15, 0.2) is 0 Å². The molecule has 20 heavy (non-hydrogen) atoms. The fourth-order valence-corrected chi connectivity index (χ4v) is 2.00. The molecule has 0 unspecified atom stereocenters. The topological polar surface area (TPSA) is 77.2 Å². The minimum atomic E-state index is -0.330. The van der Waals surface area contributed by atoms with Crippen molar-refractivity contribution < 1.29 is 9.53 Å². The Morgan fingerprint density at radius 2 is 2.20 bits per heavy atom. The van der Waals surface area contributed by atoms with E-state index in [1.165, 1.54) is 7.11 Å². The Bertz CT molecular complexity index is 659. The summed E-state index contributed by atoms with van der Waals surface area (Å²) < 4.78 is 5.91. The first kappa shape index (κ1) is 14.3. The number of methoxy groups -OCH3 is 1. The van der Waals surface area contributed by atoms with Crippen LogP contribution in [0.1, 0.15) is 15.9 Å². The third-order valence-corrected chi connectivity index (χ3v) is 3.61. The molecule has 0 fully saturated rings.